The van der Waals surface area contributed by atoms with Gasteiger partial charge in [0.25, 0.3) is 0 Å². The summed E-state index contributed by atoms with van der Waals surface area (Å²) in [6.45, 7) is 0. The van der Waals surface area contributed by atoms with Gasteiger partial charge in [-0.1, -0.05) is 176 Å². The molecular formula is C59H41N5. The van der Waals surface area contributed by atoms with Crippen molar-refractivity contribution in [2.45, 2.75) is 12.0 Å². The van der Waals surface area contributed by atoms with Crippen LogP contribution in [0.25, 0.3) is 56.4 Å². The van der Waals surface area contributed by atoms with Crippen molar-refractivity contribution < 1.29 is 0 Å². The molecule has 64 heavy (non-hydrogen) atoms. The summed E-state index contributed by atoms with van der Waals surface area (Å²) in [5.74, 6) is 1.98. The van der Waals surface area contributed by atoms with E-state index >= 15 is 0 Å². The molecule has 10 aromatic rings. The van der Waals surface area contributed by atoms with E-state index in [0.29, 0.717) is 17.5 Å². The molecule has 0 amide bonds. The molecule has 0 fully saturated rings. The molecule has 5 heteroatoms. The first-order valence-corrected chi connectivity index (χ1v) is 21.8. The van der Waals surface area contributed by atoms with Crippen molar-refractivity contribution in [1.29, 1.82) is 0 Å². The summed E-state index contributed by atoms with van der Waals surface area (Å²) >= 11 is 0. The maximum absolute atomic E-state index is 5.04. The SMILES string of the molecule is c1ccc(-c2cc(-c3ccccc3)cc(N3c4ccccc4C4c5ccccc5N(c5ccc(-c6nc(-c7ccccc7)nc(-c7ccccc7)n6)cc5)C4c4ccccc43)c2)cc1. The molecule has 2 aliphatic rings. The topological polar surface area (TPSA) is 45.2 Å². The molecule has 0 saturated heterocycles. The fraction of sp³-hybridized carbons (Fsp3) is 0.0339. The average molecular weight is 820 g/mol. The quantitative estimate of drug-likeness (QED) is 0.160. The second-order valence-corrected chi connectivity index (χ2v) is 16.4. The predicted molar refractivity (Wildman–Crippen MR) is 261 cm³/mol. The molecule has 302 valence electrons. The maximum atomic E-state index is 5.04. The molecule has 2 atom stereocenters. The second kappa shape index (κ2) is 15.8. The van der Waals surface area contributed by atoms with Crippen molar-refractivity contribution in [2.75, 3.05) is 9.80 Å². The Hall–Kier alpha value is -8.41. The van der Waals surface area contributed by atoms with Crippen LogP contribution in [0.4, 0.5) is 28.4 Å². The van der Waals surface area contributed by atoms with E-state index in [-0.39, 0.29) is 12.0 Å². The minimum atomic E-state index is -0.0389. The number of hydrogen-bond donors (Lipinski definition) is 0. The Labute approximate surface area is 373 Å². The summed E-state index contributed by atoms with van der Waals surface area (Å²) in [7, 11) is 0. The normalized spacial score (nSPS) is 14.8. The zero-order valence-electron chi connectivity index (χ0n) is 34.9. The molecule has 1 aromatic heterocycles. The smallest absolute Gasteiger partial charge is 0.164 e. The Morgan fingerprint density at radius 1 is 0.281 bits per heavy atom. The van der Waals surface area contributed by atoms with Gasteiger partial charge in [-0.3, -0.25) is 0 Å². The van der Waals surface area contributed by atoms with Crippen LogP contribution in [0.15, 0.2) is 237 Å². The number of para-hydroxylation sites is 3. The van der Waals surface area contributed by atoms with E-state index in [9.17, 15) is 0 Å². The molecule has 0 bridgehead atoms. The number of benzene rings is 9. The number of fused-ring (bicyclic) bond motifs is 7. The fourth-order valence-electron chi connectivity index (χ4n) is 9.74. The van der Waals surface area contributed by atoms with Crippen molar-refractivity contribution in [3.8, 4) is 56.4 Å². The molecule has 0 saturated carbocycles. The highest BCUT2D eigenvalue weighted by atomic mass is 15.2. The highest BCUT2D eigenvalue weighted by molar-refractivity contribution is 5.90. The minimum absolute atomic E-state index is 0.0389. The molecule has 0 spiro atoms. The molecule has 5 nitrogen and oxygen atoms in total. The Kier molecular flexibility index (Phi) is 9.23. The first-order valence-electron chi connectivity index (χ1n) is 21.8. The van der Waals surface area contributed by atoms with E-state index in [1.807, 2.05) is 60.7 Å². The van der Waals surface area contributed by atoms with E-state index in [4.69, 9.17) is 15.0 Å². The van der Waals surface area contributed by atoms with Crippen LogP contribution >= 0.6 is 0 Å². The summed E-state index contributed by atoms with van der Waals surface area (Å²) in [5, 5.41) is 0. The number of aromatic nitrogens is 3. The van der Waals surface area contributed by atoms with Crippen LogP contribution in [0.2, 0.25) is 0 Å². The van der Waals surface area contributed by atoms with Gasteiger partial charge in [-0.2, -0.15) is 0 Å². The second-order valence-electron chi connectivity index (χ2n) is 16.4. The number of hydrogen-bond acceptors (Lipinski definition) is 5. The van der Waals surface area contributed by atoms with Gasteiger partial charge in [0.1, 0.15) is 0 Å². The van der Waals surface area contributed by atoms with Crippen LogP contribution in [0.3, 0.4) is 0 Å². The molecule has 0 radical (unpaired) electrons. The number of nitrogens with zero attached hydrogens (tertiary/aromatic N) is 5. The van der Waals surface area contributed by atoms with Crippen LogP contribution in [0.1, 0.15) is 28.7 Å². The number of anilines is 5. The summed E-state index contributed by atoms with van der Waals surface area (Å²) in [5.41, 5.74) is 17.1. The molecule has 2 unspecified atom stereocenters. The van der Waals surface area contributed by atoms with Crippen LogP contribution in [-0.2, 0) is 0 Å². The first kappa shape index (κ1) is 37.4. The predicted octanol–water partition coefficient (Wildman–Crippen LogP) is 15.0. The zero-order chi connectivity index (χ0) is 42.4. The molecule has 9 aromatic carbocycles. The summed E-state index contributed by atoms with van der Waals surface area (Å²) < 4.78 is 0. The van der Waals surface area contributed by atoms with Gasteiger partial charge < -0.3 is 9.80 Å². The average Bonchev–Trinajstić information content (AvgIpc) is 3.66. The van der Waals surface area contributed by atoms with Crippen molar-refractivity contribution in [3.63, 3.8) is 0 Å². The fourth-order valence-corrected chi connectivity index (χ4v) is 9.74. The molecular weight excluding hydrogens is 779 g/mol. The highest BCUT2D eigenvalue weighted by Crippen LogP contribution is 2.61. The van der Waals surface area contributed by atoms with E-state index < -0.39 is 0 Å². The third-order valence-corrected chi connectivity index (χ3v) is 12.6. The lowest BCUT2D eigenvalue weighted by molar-refractivity contribution is 0.665. The van der Waals surface area contributed by atoms with Gasteiger partial charge in [-0.15, -0.1) is 0 Å². The van der Waals surface area contributed by atoms with E-state index in [0.717, 1.165) is 33.8 Å². The third kappa shape index (κ3) is 6.54. The van der Waals surface area contributed by atoms with Gasteiger partial charge in [0.2, 0.25) is 0 Å². The monoisotopic (exact) mass is 819 g/mol. The first-order chi connectivity index (χ1) is 31.7. The summed E-state index contributed by atoms with van der Waals surface area (Å²) in [6.07, 6.45) is 0. The van der Waals surface area contributed by atoms with Gasteiger partial charge in [0.05, 0.1) is 17.4 Å². The van der Waals surface area contributed by atoms with Crippen LogP contribution in [0, 0.1) is 0 Å². The standard InChI is InChI=1S/C59H41N5/c1-5-19-40(20-6-1)45-37-46(41-21-7-2-8-22-41)39-48(38-45)63-52-30-16-13-27-49(52)55-50-28-14-17-31-53(50)64(56(55)51-29-15-18-32-54(51)63)47-35-33-44(34-36-47)59-61-57(42-23-9-3-10-24-42)60-58(62-59)43-25-11-4-12-26-43/h1-39,55-56H. The van der Waals surface area contributed by atoms with Crippen molar-refractivity contribution >= 4 is 28.4 Å². The van der Waals surface area contributed by atoms with E-state index in [1.54, 1.807) is 0 Å². The van der Waals surface area contributed by atoms with Crippen molar-refractivity contribution in [3.05, 3.63) is 253 Å². The van der Waals surface area contributed by atoms with E-state index in [1.165, 1.54) is 50.3 Å². The molecule has 0 N–H and O–H groups in total. The largest absolute Gasteiger partial charge is 0.333 e. The lowest BCUT2D eigenvalue weighted by Crippen LogP contribution is -2.22. The Bertz CT molecular complexity index is 3170. The summed E-state index contributed by atoms with van der Waals surface area (Å²) in [6, 6.07) is 84.5. The van der Waals surface area contributed by atoms with Crippen LogP contribution in [0.5, 0.6) is 0 Å². The lowest BCUT2D eigenvalue weighted by atomic mass is 9.84. The maximum Gasteiger partial charge on any atom is 0.164 e. The minimum Gasteiger partial charge on any atom is -0.333 e. The lowest BCUT2D eigenvalue weighted by Gasteiger charge is -2.32. The summed E-state index contributed by atoms with van der Waals surface area (Å²) in [4.78, 5) is 20.1. The highest BCUT2D eigenvalue weighted by Gasteiger charge is 2.45. The Morgan fingerprint density at radius 3 is 1.16 bits per heavy atom. The van der Waals surface area contributed by atoms with Crippen LogP contribution < -0.4 is 9.80 Å². The van der Waals surface area contributed by atoms with Gasteiger partial charge >= 0.3 is 0 Å². The molecule has 0 aliphatic carbocycles. The Balaban J connectivity index is 1.02. The van der Waals surface area contributed by atoms with Crippen molar-refractivity contribution in [1.82, 2.24) is 15.0 Å². The van der Waals surface area contributed by atoms with Gasteiger partial charge in [-0.25, -0.2) is 15.0 Å². The molecule has 2 aliphatic heterocycles. The molecule has 12 rings (SSSR count). The van der Waals surface area contributed by atoms with Gasteiger partial charge in [0.15, 0.2) is 17.5 Å². The van der Waals surface area contributed by atoms with E-state index in [2.05, 4.69) is 186 Å². The third-order valence-electron chi connectivity index (χ3n) is 12.6. The van der Waals surface area contributed by atoms with Gasteiger partial charge in [0, 0.05) is 39.7 Å². The van der Waals surface area contributed by atoms with Gasteiger partial charge in [-0.05, 0) is 99.6 Å². The molecule has 3 heterocycles. The Morgan fingerprint density at radius 2 is 0.656 bits per heavy atom. The van der Waals surface area contributed by atoms with Crippen LogP contribution in [-0.4, -0.2) is 15.0 Å². The number of rotatable bonds is 7. The van der Waals surface area contributed by atoms with Crippen molar-refractivity contribution in [2.24, 2.45) is 0 Å². The zero-order valence-corrected chi connectivity index (χ0v) is 34.9.